The molecule has 0 saturated carbocycles. The molecular weight excluding hydrogens is 404 g/mol. The Labute approximate surface area is 169 Å². The molecule has 1 heterocycles. The van der Waals surface area contributed by atoms with E-state index in [-0.39, 0.29) is 24.0 Å². The molecule has 144 valence electrons. The van der Waals surface area contributed by atoms with E-state index in [4.69, 9.17) is 21.1 Å². The zero-order chi connectivity index (χ0) is 20.1. The van der Waals surface area contributed by atoms with Gasteiger partial charge in [-0.15, -0.1) is 11.3 Å². The molecule has 0 aliphatic heterocycles. The number of nitro groups is 1. The lowest BCUT2D eigenvalue weighted by Crippen LogP contribution is -2.10. The van der Waals surface area contributed by atoms with E-state index in [2.05, 4.69) is 5.32 Å². The Balaban J connectivity index is 1.64. The Hall–Kier alpha value is -3.10. The van der Waals surface area contributed by atoms with Crippen molar-refractivity contribution in [3.05, 3.63) is 79.5 Å². The van der Waals surface area contributed by atoms with Crippen LogP contribution in [0.5, 0.6) is 11.5 Å². The third kappa shape index (κ3) is 4.59. The van der Waals surface area contributed by atoms with Crippen LogP contribution < -0.4 is 14.8 Å². The van der Waals surface area contributed by atoms with Gasteiger partial charge in [-0.2, -0.15) is 0 Å². The zero-order valence-corrected chi connectivity index (χ0v) is 16.3. The summed E-state index contributed by atoms with van der Waals surface area (Å²) in [6, 6.07) is 12.8. The van der Waals surface area contributed by atoms with Gasteiger partial charge in [-0.1, -0.05) is 23.7 Å². The van der Waals surface area contributed by atoms with Crippen molar-refractivity contribution in [1.29, 1.82) is 0 Å². The fourth-order valence-electron chi connectivity index (χ4n) is 2.40. The van der Waals surface area contributed by atoms with Crippen LogP contribution in [0.15, 0.2) is 53.9 Å². The second-order valence-corrected chi connectivity index (χ2v) is 6.95. The first-order chi connectivity index (χ1) is 13.5. The van der Waals surface area contributed by atoms with Gasteiger partial charge in [0.15, 0.2) is 5.75 Å². The van der Waals surface area contributed by atoms with Crippen molar-refractivity contribution in [2.75, 3.05) is 12.4 Å². The van der Waals surface area contributed by atoms with Crippen LogP contribution >= 0.6 is 22.9 Å². The first-order valence-electron chi connectivity index (χ1n) is 8.06. The lowest BCUT2D eigenvalue weighted by atomic mass is 10.2. The molecule has 0 bridgehead atoms. The van der Waals surface area contributed by atoms with Gasteiger partial charge in [0, 0.05) is 17.3 Å². The van der Waals surface area contributed by atoms with Gasteiger partial charge in [-0.25, -0.2) is 0 Å². The van der Waals surface area contributed by atoms with Crippen LogP contribution in [0.4, 0.5) is 11.4 Å². The average Bonchev–Trinajstić information content (AvgIpc) is 3.16. The monoisotopic (exact) mass is 418 g/mol. The van der Waals surface area contributed by atoms with E-state index < -0.39 is 4.92 Å². The smallest absolute Gasteiger partial charge is 0.310 e. The Morgan fingerprint density at radius 1 is 1.21 bits per heavy atom. The van der Waals surface area contributed by atoms with Gasteiger partial charge in [0.2, 0.25) is 0 Å². The highest BCUT2D eigenvalue weighted by atomic mass is 35.5. The van der Waals surface area contributed by atoms with Gasteiger partial charge in [-0.05, 0) is 35.7 Å². The summed E-state index contributed by atoms with van der Waals surface area (Å²) in [5.74, 6) is 0.408. The Bertz CT molecular complexity index is 1020. The number of carbonyl (C=O) groups is 1. The van der Waals surface area contributed by atoms with E-state index >= 15 is 0 Å². The molecule has 0 aliphatic carbocycles. The molecule has 0 spiro atoms. The molecule has 1 aromatic heterocycles. The van der Waals surface area contributed by atoms with Crippen molar-refractivity contribution >= 4 is 40.2 Å². The predicted octanol–water partition coefficient (Wildman–Crippen LogP) is 5.15. The Morgan fingerprint density at radius 2 is 2.00 bits per heavy atom. The number of nitrogens with one attached hydrogen (secondary N) is 1. The average molecular weight is 419 g/mol. The van der Waals surface area contributed by atoms with E-state index in [1.807, 2.05) is 0 Å². The fourth-order valence-corrected chi connectivity index (χ4v) is 3.45. The number of carbonyl (C=O) groups excluding carboxylic acids is 1. The van der Waals surface area contributed by atoms with Gasteiger partial charge < -0.3 is 14.8 Å². The van der Waals surface area contributed by atoms with Crippen molar-refractivity contribution in [3.8, 4) is 11.5 Å². The molecule has 0 atom stereocenters. The van der Waals surface area contributed by atoms with E-state index in [1.54, 1.807) is 41.8 Å². The molecule has 0 fully saturated rings. The van der Waals surface area contributed by atoms with Crippen molar-refractivity contribution in [3.63, 3.8) is 0 Å². The number of halogens is 1. The molecule has 9 heteroatoms. The molecule has 0 aliphatic rings. The molecule has 0 unspecified atom stereocenters. The first kappa shape index (κ1) is 19.7. The molecule has 1 N–H and O–H groups in total. The Morgan fingerprint density at radius 3 is 2.71 bits per heavy atom. The molecule has 2 aromatic carbocycles. The second kappa shape index (κ2) is 8.73. The number of nitro benzene ring substituents is 1. The zero-order valence-electron chi connectivity index (χ0n) is 14.7. The van der Waals surface area contributed by atoms with Gasteiger partial charge >= 0.3 is 5.69 Å². The number of nitrogens with zero attached hydrogens (tertiary/aromatic N) is 1. The summed E-state index contributed by atoms with van der Waals surface area (Å²) in [6.45, 7) is 0.114. The minimum absolute atomic E-state index is 0.105. The fraction of sp³-hybridized carbons (Fsp3) is 0.105. The molecule has 1 amide bonds. The standard InChI is InChI=1S/C19H15ClN2O5S/c1-26-16-7-6-13(9-14(16)20)21-19(23)18-8-12(11-28-18)10-27-17-5-3-2-4-15(17)22(24)25/h2-9,11H,10H2,1H3,(H,21,23). The maximum atomic E-state index is 12.4. The third-order valence-corrected chi connectivity index (χ3v) is 5.02. The van der Waals surface area contributed by atoms with Crippen molar-refractivity contribution in [1.82, 2.24) is 0 Å². The van der Waals surface area contributed by atoms with Gasteiger partial charge in [-0.3, -0.25) is 14.9 Å². The van der Waals surface area contributed by atoms with Crippen molar-refractivity contribution in [2.24, 2.45) is 0 Å². The lowest BCUT2D eigenvalue weighted by Gasteiger charge is -2.07. The summed E-state index contributed by atoms with van der Waals surface area (Å²) >= 11 is 7.31. The number of methoxy groups -OCH3 is 1. The summed E-state index contributed by atoms with van der Waals surface area (Å²) in [5.41, 5.74) is 1.18. The maximum absolute atomic E-state index is 12.4. The molecule has 7 nitrogen and oxygen atoms in total. The number of rotatable bonds is 7. The summed E-state index contributed by atoms with van der Waals surface area (Å²) in [4.78, 5) is 23.4. The largest absolute Gasteiger partial charge is 0.495 e. The van der Waals surface area contributed by atoms with Crippen LogP contribution in [-0.4, -0.2) is 17.9 Å². The highest BCUT2D eigenvalue weighted by Crippen LogP contribution is 2.29. The van der Waals surface area contributed by atoms with Crippen LogP contribution in [-0.2, 0) is 6.61 Å². The van der Waals surface area contributed by atoms with E-state index in [0.29, 0.717) is 21.3 Å². The summed E-state index contributed by atoms with van der Waals surface area (Å²) in [5, 5.41) is 15.9. The van der Waals surface area contributed by atoms with Crippen LogP contribution in [0.25, 0.3) is 0 Å². The van der Waals surface area contributed by atoms with E-state index in [9.17, 15) is 14.9 Å². The van der Waals surface area contributed by atoms with Crippen LogP contribution in [0.1, 0.15) is 15.2 Å². The van der Waals surface area contributed by atoms with E-state index in [1.165, 1.54) is 30.6 Å². The summed E-state index contributed by atoms with van der Waals surface area (Å²) < 4.78 is 10.6. The molecule has 3 aromatic rings. The SMILES string of the molecule is COc1ccc(NC(=O)c2cc(COc3ccccc3[N+](=O)[O-])cs2)cc1Cl. The number of ether oxygens (including phenoxy) is 2. The predicted molar refractivity (Wildman–Crippen MR) is 108 cm³/mol. The molecule has 3 rings (SSSR count). The number of para-hydroxylation sites is 2. The summed E-state index contributed by atoms with van der Waals surface area (Å²) in [6.07, 6.45) is 0. The molecule has 0 radical (unpaired) electrons. The van der Waals surface area contributed by atoms with Gasteiger partial charge in [0.05, 0.1) is 21.9 Å². The number of hydrogen-bond acceptors (Lipinski definition) is 6. The molecule has 28 heavy (non-hydrogen) atoms. The van der Waals surface area contributed by atoms with E-state index in [0.717, 1.165) is 5.56 Å². The van der Waals surface area contributed by atoms with Gasteiger partial charge in [0.25, 0.3) is 5.91 Å². The third-order valence-electron chi connectivity index (χ3n) is 3.74. The topological polar surface area (TPSA) is 90.7 Å². The normalized spacial score (nSPS) is 10.4. The first-order valence-corrected chi connectivity index (χ1v) is 9.32. The van der Waals surface area contributed by atoms with Gasteiger partial charge in [0.1, 0.15) is 12.4 Å². The lowest BCUT2D eigenvalue weighted by molar-refractivity contribution is -0.385. The number of anilines is 1. The van der Waals surface area contributed by atoms with Crippen LogP contribution in [0.2, 0.25) is 5.02 Å². The molecular formula is C19H15ClN2O5S. The number of thiophene rings is 1. The number of benzene rings is 2. The second-order valence-electron chi connectivity index (χ2n) is 5.64. The highest BCUT2D eigenvalue weighted by Gasteiger charge is 2.15. The van der Waals surface area contributed by atoms with Crippen LogP contribution in [0, 0.1) is 10.1 Å². The van der Waals surface area contributed by atoms with Crippen LogP contribution in [0.3, 0.4) is 0 Å². The number of amides is 1. The minimum atomic E-state index is -0.498. The maximum Gasteiger partial charge on any atom is 0.310 e. The van der Waals surface area contributed by atoms with Crippen molar-refractivity contribution < 1.29 is 19.2 Å². The highest BCUT2D eigenvalue weighted by molar-refractivity contribution is 7.12. The Kier molecular flexibility index (Phi) is 6.13. The number of hydrogen-bond donors (Lipinski definition) is 1. The quantitative estimate of drug-likeness (QED) is 0.423. The minimum Gasteiger partial charge on any atom is -0.495 e. The molecule has 0 saturated heterocycles. The summed E-state index contributed by atoms with van der Waals surface area (Å²) in [7, 11) is 1.51. The van der Waals surface area contributed by atoms with Crippen molar-refractivity contribution in [2.45, 2.75) is 6.61 Å².